The van der Waals surface area contributed by atoms with Gasteiger partial charge in [0.05, 0.1) is 13.2 Å². The van der Waals surface area contributed by atoms with E-state index in [9.17, 15) is 4.79 Å². The Hall–Kier alpha value is 0.655. The molecule has 0 aliphatic carbocycles. The second-order valence-corrected chi connectivity index (χ2v) is 1.93. The van der Waals surface area contributed by atoms with Crippen molar-refractivity contribution in [2.24, 2.45) is 0 Å². The van der Waals surface area contributed by atoms with Crippen molar-refractivity contribution in [2.45, 2.75) is 13.3 Å². The molecule has 62 valence electrons. The zero-order chi connectivity index (χ0) is 7.82. The van der Waals surface area contributed by atoms with Crippen LogP contribution in [-0.2, 0) is 41.9 Å². The van der Waals surface area contributed by atoms with E-state index in [2.05, 4.69) is 4.74 Å². The van der Waals surface area contributed by atoms with Gasteiger partial charge in [0, 0.05) is 41.0 Å². The Morgan fingerprint density at radius 2 is 2.09 bits per heavy atom. The van der Waals surface area contributed by atoms with E-state index in [-0.39, 0.29) is 39.7 Å². The molecule has 0 aliphatic rings. The van der Waals surface area contributed by atoms with Gasteiger partial charge in [-0.25, -0.2) is 0 Å². The summed E-state index contributed by atoms with van der Waals surface area (Å²) in [6, 6.07) is 0.195. The van der Waals surface area contributed by atoms with Gasteiger partial charge in [0.2, 0.25) is 0 Å². The van der Waals surface area contributed by atoms with E-state index < -0.39 is 0 Å². The number of carbonyl (C=O) groups is 1. The fourth-order valence-electron chi connectivity index (χ4n) is 0.431. The maximum atomic E-state index is 10.2. The normalized spacial score (nSPS) is 8.55. The number of hydrogen-bond acceptors (Lipinski definition) is 3. The molecule has 0 saturated heterocycles. The maximum Gasteiger partial charge on any atom is 0.302 e. The van der Waals surface area contributed by atoms with E-state index in [1.807, 2.05) is 0 Å². The number of hydrogen-bond donors (Lipinski definition) is 0. The average molecular weight is 367 g/mol. The molecule has 0 aliphatic heterocycles. The molecule has 0 saturated carbocycles. The van der Waals surface area contributed by atoms with Crippen LogP contribution in [0.25, 0.3) is 0 Å². The molecule has 0 atom stereocenters. The Kier molecular flexibility index (Phi) is 13.7. The summed E-state index contributed by atoms with van der Waals surface area (Å²) < 4.78 is 9.42. The number of halogens is 1. The Labute approximate surface area is 91.9 Å². The average Bonchev–Trinajstić information content (AvgIpc) is 1.87. The van der Waals surface area contributed by atoms with Gasteiger partial charge in [-0.1, -0.05) is 11.6 Å². The minimum Gasteiger partial charge on any atom is -0.466 e. The molecule has 0 aromatic rings. The van der Waals surface area contributed by atoms with Gasteiger partial charge in [0.15, 0.2) is 0 Å². The standard InChI is InChI=1S/C6H11ClO3.Hg/c1-6(8)10-4-2-3-9-5-7;/h2-5H2,1H3;. The molecular formula is C6H11ClHgO3. The van der Waals surface area contributed by atoms with Crippen molar-refractivity contribution >= 4 is 17.6 Å². The van der Waals surface area contributed by atoms with Gasteiger partial charge in [-0.15, -0.1) is 0 Å². The summed E-state index contributed by atoms with van der Waals surface area (Å²) >= 11 is 5.21. The van der Waals surface area contributed by atoms with Crippen molar-refractivity contribution in [3.63, 3.8) is 0 Å². The smallest absolute Gasteiger partial charge is 0.302 e. The van der Waals surface area contributed by atoms with Crippen molar-refractivity contribution in [1.29, 1.82) is 0 Å². The molecule has 0 amide bonds. The summed E-state index contributed by atoms with van der Waals surface area (Å²) in [7, 11) is 0. The number of esters is 1. The Morgan fingerprint density at radius 3 is 2.55 bits per heavy atom. The summed E-state index contributed by atoms with van der Waals surface area (Å²) in [4.78, 5) is 10.2. The minimum atomic E-state index is -0.258. The first-order chi connectivity index (χ1) is 4.77. The molecular weight excluding hydrogens is 356 g/mol. The second kappa shape index (κ2) is 10.7. The van der Waals surface area contributed by atoms with Crippen LogP contribution in [0.3, 0.4) is 0 Å². The van der Waals surface area contributed by atoms with E-state index in [4.69, 9.17) is 16.3 Å². The molecule has 0 aromatic carbocycles. The van der Waals surface area contributed by atoms with E-state index in [0.717, 1.165) is 0 Å². The maximum absolute atomic E-state index is 10.2. The monoisotopic (exact) mass is 368 g/mol. The summed E-state index contributed by atoms with van der Waals surface area (Å²) in [5, 5.41) is 0. The predicted octanol–water partition coefficient (Wildman–Crippen LogP) is 1.15. The SMILES string of the molecule is CC(=O)OCCCOCCl.[Hg]. The third-order valence-corrected chi connectivity index (χ3v) is 0.970. The quantitative estimate of drug-likeness (QED) is 0.317. The van der Waals surface area contributed by atoms with Crippen molar-refractivity contribution in [2.75, 3.05) is 19.3 Å². The van der Waals surface area contributed by atoms with Gasteiger partial charge >= 0.3 is 5.97 Å². The molecule has 3 nitrogen and oxygen atoms in total. The van der Waals surface area contributed by atoms with Crippen LogP contribution in [0.1, 0.15) is 13.3 Å². The first kappa shape index (κ1) is 14.2. The van der Waals surface area contributed by atoms with Crippen molar-refractivity contribution in [1.82, 2.24) is 0 Å². The summed E-state index contributed by atoms with van der Waals surface area (Å²) in [5.74, 6) is -0.258. The number of rotatable bonds is 5. The first-order valence-corrected chi connectivity index (χ1v) is 3.58. The van der Waals surface area contributed by atoms with Crippen LogP contribution in [0.2, 0.25) is 0 Å². The van der Waals surface area contributed by atoms with Crippen LogP contribution in [0, 0.1) is 0 Å². The van der Waals surface area contributed by atoms with Crippen LogP contribution in [0.5, 0.6) is 0 Å². The molecule has 11 heavy (non-hydrogen) atoms. The van der Waals surface area contributed by atoms with E-state index in [0.29, 0.717) is 19.6 Å². The molecule has 0 bridgehead atoms. The van der Waals surface area contributed by atoms with Crippen LogP contribution >= 0.6 is 11.6 Å². The van der Waals surface area contributed by atoms with Crippen molar-refractivity contribution in [3.05, 3.63) is 0 Å². The molecule has 0 rings (SSSR count). The topological polar surface area (TPSA) is 35.5 Å². The van der Waals surface area contributed by atoms with Gasteiger partial charge in [-0.05, 0) is 0 Å². The Balaban J connectivity index is 0. The van der Waals surface area contributed by atoms with Crippen LogP contribution in [0.15, 0.2) is 0 Å². The fraction of sp³-hybridized carbons (Fsp3) is 0.833. The molecule has 0 unspecified atom stereocenters. The number of alkyl halides is 1. The second-order valence-electron chi connectivity index (χ2n) is 1.71. The van der Waals surface area contributed by atoms with Crippen LogP contribution < -0.4 is 0 Å². The fourth-order valence-corrected chi connectivity index (χ4v) is 0.541. The summed E-state index contributed by atoms with van der Waals surface area (Å²) in [6.07, 6.45) is 0.701. The molecule has 0 fully saturated rings. The van der Waals surface area contributed by atoms with Crippen LogP contribution in [-0.4, -0.2) is 25.2 Å². The molecule has 0 heterocycles. The zero-order valence-corrected chi connectivity index (χ0v) is 12.9. The first-order valence-electron chi connectivity index (χ1n) is 3.04. The van der Waals surface area contributed by atoms with Gasteiger partial charge < -0.3 is 9.47 Å². The van der Waals surface area contributed by atoms with E-state index in [1.54, 1.807) is 0 Å². The third kappa shape index (κ3) is 13.6. The molecule has 0 spiro atoms. The third-order valence-electron chi connectivity index (χ3n) is 0.815. The minimum absolute atomic E-state index is 0. The predicted molar refractivity (Wildman–Crippen MR) is 37.9 cm³/mol. The number of ether oxygens (including phenoxy) is 2. The van der Waals surface area contributed by atoms with E-state index >= 15 is 0 Å². The summed E-state index contributed by atoms with van der Waals surface area (Å²) in [6.45, 7) is 2.32. The van der Waals surface area contributed by atoms with Gasteiger partial charge in [-0.2, -0.15) is 0 Å². The van der Waals surface area contributed by atoms with Crippen molar-refractivity contribution < 1.29 is 41.9 Å². The Bertz CT molecular complexity index is 99.8. The molecule has 0 aromatic heterocycles. The molecule has 0 N–H and O–H groups in total. The zero-order valence-electron chi connectivity index (χ0n) is 6.64. The Morgan fingerprint density at radius 1 is 1.45 bits per heavy atom. The van der Waals surface area contributed by atoms with Gasteiger partial charge in [-0.3, -0.25) is 4.79 Å². The van der Waals surface area contributed by atoms with Gasteiger partial charge in [0.1, 0.15) is 6.07 Å². The van der Waals surface area contributed by atoms with Crippen LogP contribution in [0.4, 0.5) is 0 Å². The van der Waals surface area contributed by atoms with Gasteiger partial charge in [0.25, 0.3) is 0 Å². The number of carbonyl (C=O) groups excluding carboxylic acids is 1. The largest absolute Gasteiger partial charge is 0.466 e. The molecule has 0 radical (unpaired) electrons. The summed E-state index contributed by atoms with van der Waals surface area (Å²) in [5.41, 5.74) is 0. The van der Waals surface area contributed by atoms with Crippen molar-refractivity contribution in [3.8, 4) is 0 Å². The van der Waals surface area contributed by atoms with E-state index in [1.165, 1.54) is 6.92 Å². The molecule has 5 heteroatoms.